The molecule has 1 saturated heterocycles. The van der Waals surface area contributed by atoms with Gasteiger partial charge in [-0.3, -0.25) is 4.79 Å². The number of hydrogen-bond acceptors (Lipinski definition) is 1. The summed E-state index contributed by atoms with van der Waals surface area (Å²) in [6, 6.07) is 0.588. The molecular formula is C14H12F3NO. The van der Waals surface area contributed by atoms with E-state index in [4.69, 9.17) is 0 Å². The van der Waals surface area contributed by atoms with Gasteiger partial charge in [0.05, 0.1) is 12.1 Å². The molecule has 19 heavy (non-hydrogen) atoms. The van der Waals surface area contributed by atoms with Crippen LogP contribution in [0.4, 0.5) is 13.2 Å². The minimum Gasteiger partial charge on any atom is -0.329 e. The summed E-state index contributed by atoms with van der Waals surface area (Å²) < 4.78 is 40.6. The Morgan fingerprint density at radius 3 is 2.47 bits per heavy atom. The van der Waals surface area contributed by atoms with Crippen molar-refractivity contribution in [3.63, 3.8) is 0 Å². The van der Waals surface area contributed by atoms with E-state index in [1.54, 1.807) is 6.08 Å². The van der Waals surface area contributed by atoms with E-state index in [9.17, 15) is 18.0 Å². The molecule has 0 unspecified atom stereocenters. The Morgan fingerprint density at radius 1 is 1.11 bits per heavy atom. The predicted molar refractivity (Wildman–Crippen MR) is 62.7 cm³/mol. The van der Waals surface area contributed by atoms with Crippen molar-refractivity contribution in [2.75, 3.05) is 0 Å². The lowest BCUT2D eigenvalue weighted by atomic mass is 10.0. The van der Waals surface area contributed by atoms with Crippen LogP contribution in [0.1, 0.15) is 30.9 Å². The first kappa shape index (κ1) is 12.3. The minimum absolute atomic E-state index is 0.102. The van der Waals surface area contributed by atoms with E-state index in [0.29, 0.717) is 25.0 Å². The van der Waals surface area contributed by atoms with Crippen LogP contribution in [0.15, 0.2) is 24.3 Å². The van der Waals surface area contributed by atoms with Gasteiger partial charge in [0.15, 0.2) is 0 Å². The fourth-order valence-electron chi connectivity index (χ4n) is 2.97. The van der Waals surface area contributed by atoms with Crippen LogP contribution in [-0.4, -0.2) is 16.8 Å². The van der Waals surface area contributed by atoms with Crippen LogP contribution in [0.5, 0.6) is 0 Å². The molecule has 1 fully saturated rings. The Bertz CT molecular complexity index is 547. The summed E-state index contributed by atoms with van der Waals surface area (Å²) in [6.45, 7) is 0. The first-order chi connectivity index (χ1) is 9.08. The van der Waals surface area contributed by atoms with Crippen molar-refractivity contribution in [1.29, 1.82) is 0 Å². The van der Waals surface area contributed by atoms with Gasteiger partial charge in [-0.2, -0.15) is 0 Å². The molecular weight excluding hydrogens is 255 g/mol. The van der Waals surface area contributed by atoms with Crippen LogP contribution < -0.4 is 0 Å². The van der Waals surface area contributed by atoms with Gasteiger partial charge in [0, 0.05) is 24.1 Å². The smallest absolute Gasteiger partial charge is 0.227 e. The average Bonchev–Trinajstić information content (AvgIpc) is 2.73. The van der Waals surface area contributed by atoms with Gasteiger partial charge >= 0.3 is 0 Å². The van der Waals surface area contributed by atoms with E-state index in [2.05, 4.69) is 0 Å². The highest BCUT2D eigenvalue weighted by atomic mass is 19.1. The van der Waals surface area contributed by atoms with Gasteiger partial charge in [-0.1, -0.05) is 12.2 Å². The van der Waals surface area contributed by atoms with Gasteiger partial charge in [0.2, 0.25) is 5.91 Å². The number of nitrogens with zero attached hydrogens (tertiary/aromatic N) is 1. The van der Waals surface area contributed by atoms with Crippen molar-refractivity contribution in [1.82, 2.24) is 4.90 Å². The molecule has 1 aromatic carbocycles. The second-order valence-electron chi connectivity index (χ2n) is 4.88. The lowest BCUT2D eigenvalue weighted by molar-refractivity contribution is -0.133. The summed E-state index contributed by atoms with van der Waals surface area (Å²) in [5.41, 5.74) is -0.201. The van der Waals surface area contributed by atoms with Crippen LogP contribution >= 0.6 is 0 Å². The summed E-state index contributed by atoms with van der Waals surface area (Å²) >= 11 is 0. The fraction of sp³-hybridized carbons (Fsp3) is 0.357. The van der Waals surface area contributed by atoms with Crippen molar-refractivity contribution in [2.24, 2.45) is 0 Å². The lowest BCUT2D eigenvalue weighted by Crippen LogP contribution is -2.38. The molecule has 0 saturated carbocycles. The molecule has 0 N–H and O–H groups in total. The third kappa shape index (κ3) is 1.93. The highest BCUT2D eigenvalue weighted by Gasteiger charge is 2.40. The standard InChI is InChI=1S/C14H12F3NO/c15-8-6-10(16)14(11(17)7-8)12-5-4-9-2-1-3-13(19)18(9)12/h1-2,6-7,9,12H,3-5H2/t9-,12-/m0/s1. The van der Waals surface area contributed by atoms with Crippen molar-refractivity contribution in [2.45, 2.75) is 31.3 Å². The maximum Gasteiger partial charge on any atom is 0.227 e. The van der Waals surface area contributed by atoms with Crippen molar-refractivity contribution in [3.05, 3.63) is 47.3 Å². The Hall–Kier alpha value is -1.78. The molecule has 2 heterocycles. The Kier molecular flexibility index (Phi) is 2.84. The first-order valence-corrected chi connectivity index (χ1v) is 6.20. The zero-order valence-electron chi connectivity index (χ0n) is 10.1. The van der Waals surface area contributed by atoms with Crippen LogP contribution in [0.3, 0.4) is 0 Å². The summed E-state index contributed by atoms with van der Waals surface area (Å²) in [4.78, 5) is 13.4. The topological polar surface area (TPSA) is 20.3 Å². The number of rotatable bonds is 1. The van der Waals surface area contributed by atoms with Gasteiger partial charge in [0.1, 0.15) is 17.5 Å². The molecule has 3 rings (SSSR count). The van der Waals surface area contributed by atoms with E-state index in [1.807, 2.05) is 6.08 Å². The fourth-order valence-corrected chi connectivity index (χ4v) is 2.97. The van der Waals surface area contributed by atoms with E-state index in [-0.39, 0.29) is 23.9 Å². The lowest BCUT2D eigenvalue weighted by Gasteiger charge is -2.31. The zero-order chi connectivity index (χ0) is 13.6. The maximum absolute atomic E-state index is 13.8. The van der Waals surface area contributed by atoms with Gasteiger partial charge in [0.25, 0.3) is 0 Å². The molecule has 0 bridgehead atoms. The molecule has 2 atom stereocenters. The molecule has 100 valence electrons. The normalized spacial score (nSPS) is 25.8. The van der Waals surface area contributed by atoms with E-state index in [1.165, 1.54) is 4.90 Å². The molecule has 1 amide bonds. The number of amides is 1. The quantitative estimate of drug-likeness (QED) is 0.716. The second-order valence-corrected chi connectivity index (χ2v) is 4.88. The van der Waals surface area contributed by atoms with E-state index < -0.39 is 23.5 Å². The molecule has 0 aromatic heterocycles. The molecule has 0 radical (unpaired) electrons. The van der Waals surface area contributed by atoms with Gasteiger partial charge < -0.3 is 4.90 Å². The number of benzene rings is 1. The molecule has 1 aromatic rings. The van der Waals surface area contributed by atoms with Crippen molar-refractivity contribution in [3.8, 4) is 0 Å². The predicted octanol–water partition coefficient (Wildman–Crippen LogP) is 3.10. The van der Waals surface area contributed by atoms with Crippen LogP contribution in [0.2, 0.25) is 0 Å². The van der Waals surface area contributed by atoms with E-state index >= 15 is 0 Å². The van der Waals surface area contributed by atoms with Crippen LogP contribution in [0.25, 0.3) is 0 Å². The third-order valence-corrected chi connectivity index (χ3v) is 3.74. The Morgan fingerprint density at radius 2 is 1.79 bits per heavy atom. The van der Waals surface area contributed by atoms with Gasteiger partial charge in [-0.15, -0.1) is 0 Å². The highest BCUT2D eigenvalue weighted by molar-refractivity contribution is 5.80. The molecule has 0 aliphatic carbocycles. The van der Waals surface area contributed by atoms with Gasteiger partial charge in [-0.25, -0.2) is 13.2 Å². The Balaban J connectivity index is 2.04. The third-order valence-electron chi connectivity index (χ3n) is 3.74. The summed E-state index contributed by atoms with van der Waals surface area (Å²) in [5, 5.41) is 0. The molecule has 0 spiro atoms. The zero-order valence-corrected chi connectivity index (χ0v) is 10.1. The van der Waals surface area contributed by atoms with Crippen LogP contribution in [0, 0.1) is 17.5 Å². The number of fused-ring (bicyclic) bond motifs is 1. The van der Waals surface area contributed by atoms with E-state index in [0.717, 1.165) is 0 Å². The SMILES string of the molecule is O=C1CC=C[C@H]2CC[C@@H](c3c(F)cc(F)cc3F)N12. The van der Waals surface area contributed by atoms with Gasteiger partial charge in [-0.05, 0) is 12.8 Å². The van der Waals surface area contributed by atoms with Crippen molar-refractivity contribution >= 4 is 5.91 Å². The maximum atomic E-state index is 13.8. The summed E-state index contributed by atoms with van der Waals surface area (Å²) in [7, 11) is 0. The summed E-state index contributed by atoms with van der Waals surface area (Å²) in [5.74, 6) is -2.94. The first-order valence-electron chi connectivity index (χ1n) is 6.20. The van der Waals surface area contributed by atoms with Crippen molar-refractivity contribution < 1.29 is 18.0 Å². The monoisotopic (exact) mass is 267 g/mol. The molecule has 2 aliphatic rings. The minimum atomic E-state index is -0.946. The largest absolute Gasteiger partial charge is 0.329 e. The highest BCUT2D eigenvalue weighted by Crippen LogP contribution is 2.40. The number of carbonyl (C=O) groups excluding carboxylic acids is 1. The molecule has 5 heteroatoms. The molecule has 2 nitrogen and oxygen atoms in total. The Labute approximate surface area is 108 Å². The number of hydrogen-bond donors (Lipinski definition) is 0. The second kappa shape index (κ2) is 4.40. The van der Waals surface area contributed by atoms with Crippen LogP contribution in [-0.2, 0) is 4.79 Å². The number of halogens is 3. The summed E-state index contributed by atoms with van der Waals surface area (Å²) in [6.07, 6.45) is 5.07. The molecule has 2 aliphatic heterocycles. The average molecular weight is 267 g/mol. The number of carbonyl (C=O) groups is 1.